The minimum atomic E-state index is -0.698. The van der Waals surface area contributed by atoms with Crippen LogP contribution in [-0.4, -0.2) is 59.4 Å². The summed E-state index contributed by atoms with van der Waals surface area (Å²) in [5, 5.41) is 12.7. The number of fused-ring (bicyclic) bond motifs is 2. The molecule has 3 fully saturated rings. The summed E-state index contributed by atoms with van der Waals surface area (Å²) in [6, 6.07) is 0.405. The number of carboxylic acid groups (broad SMARTS) is 1. The fourth-order valence-corrected chi connectivity index (χ4v) is 4.04. The van der Waals surface area contributed by atoms with E-state index in [9.17, 15) is 9.90 Å². The number of hydrogen-bond donors (Lipinski definition) is 2. The Morgan fingerprint density at radius 1 is 1.37 bits per heavy atom. The zero-order chi connectivity index (χ0) is 13.5. The zero-order valence-corrected chi connectivity index (χ0v) is 11.6. The van der Waals surface area contributed by atoms with Crippen LogP contribution in [0.3, 0.4) is 0 Å². The third-order valence-electron chi connectivity index (χ3n) is 5.00. The van der Waals surface area contributed by atoms with Gasteiger partial charge in [0.05, 0.1) is 12.2 Å². The van der Waals surface area contributed by atoms with Crippen LogP contribution in [0.15, 0.2) is 0 Å². The molecule has 2 heterocycles. The average Bonchev–Trinajstić information content (AvgIpc) is 2.95. The summed E-state index contributed by atoms with van der Waals surface area (Å²) in [6.07, 6.45) is 5.58. The van der Waals surface area contributed by atoms with E-state index in [1.165, 1.54) is 12.8 Å². The van der Waals surface area contributed by atoms with Crippen molar-refractivity contribution in [2.45, 2.75) is 62.8 Å². The van der Waals surface area contributed by atoms with Gasteiger partial charge in [-0.2, -0.15) is 0 Å². The van der Waals surface area contributed by atoms with Gasteiger partial charge in [-0.05, 0) is 38.6 Å². The van der Waals surface area contributed by atoms with E-state index < -0.39 is 11.5 Å². The Hall–Kier alpha value is -0.650. The predicted octanol–water partition coefficient (Wildman–Crippen LogP) is 0.835. The molecule has 2 bridgehead atoms. The Morgan fingerprint density at radius 2 is 2.05 bits per heavy atom. The van der Waals surface area contributed by atoms with E-state index >= 15 is 0 Å². The predicted molar refractivity (Wildman–Crippen MR) is 71.2 cm³/mol. The third-order valence-corrected chi connectivity index (χ3v) is 5.00. The first-order chi connectivity index (χ1) is 9.13. The van der Waals surface area contributed by atoms with Crippen LogP contribution in [0.2, 0.25) is 0 Å². The minimum Gasteiger partial charge on any atom is -0.480 e. The van der Waals surface area contributed by atoms with Crippen molar-refractivity contribution in [3.8, 4) is 0 Å². The maximum atomic E-state index is 11.6. The second-order valence-corrected chi connectivity index (χ2v) is 6.23. The van der Waals surface area contributed by atoms with Gasteiger partial charge < -0.3 is 15.2 Å². The molecule has 108 valence electrons. The van der Waals surface area contributed by atoms with E-state index in [1.54, 1.807) is 0 Å². The van der Waals surface area contributed by atoms with Crippen LogP contribution in [0.4, 0.5) is 0 Å². The first-order valence-electron chi connectivity index (χ1n) is 7.51. The van der Waals surface area contributed by atoms with Gasteiger partial charge in [-0.3, -0.25) is 9.69 Å². The van der Waals surface area contributed by atoms with Gasteiger partial charge in [0.2, 0.25) is 0 Å². The summed E-state index contributed by atoms with van der Waals surface area (Å²) in [4.78, 5) is 14.1. The molecule has 0 radical (unpaired) electrons. The van der Waals surface area contributed by atoms with Crippen molar-refractivity contribution in [3.63, 3.8) is 0 Å². The van der Waals surface area contributed by atoms with Crippen LogP contribution in [0, 0.1) is 0 Å². The number of carboxylic acids is 1. The summed E-state index contributed by atoms with van der Waals surface area (Å²) >= 11 is 0. The van der Waals surface area contributed by atoms with Crippen LogP contribution >= 0.6 is 0 Å². The smallest absolute Gasteiger partial charge is 0.323 e. The van der Waals surface area contributed by atoms with Gasteiger partial charge in [-0.25, -0.2) is 0 Å². The summed E-state index contributed by atoms with van der Waals surface area (Å²) in [7, 11) is 0. The summed E-state index contributed by atoms with van der Waals surface area (Å²) in [6.45, 7) is 4.67. The number of hydrogen-bond acceptors (Lipinski definition) is 4. The van der Waals surface area contributed by atoms with Gasteiger partial charge in [-0.1, -0.05) is 6.92 Å². The van der Waals surface area contributed by atoms with Gasteiger partial charge in [-0.15, -0.1) is 0 Å². The molecule has 2 N–H and O–H groups in total. The number of aliphatic carboxylic acids is 1. The number of nitrogens with one attached hydrogen (secondary N) is 1. The van der Waals surface area contributed by atoms with Crippen molar-refractivity contribution in [1.82, 2.24) is 10.2 Å². The van der Waals surface area contributed by atoms with Gasteiger partial charge in [0.25, 0.3) is 0 Å². The molecular weight excluding hydrogens is 244 g/mol. The highest BCUT2D eigenvalue weighted by atomic mass is 16.5. The van der Waals surface area contributed by atoms with E-state index in [-0.39, 0.29) is 0 Å². The van der Waals surface area contributed by atoms with Crippen molar-refractivity contribution in [3.05, 3.63) is 0 Å². The second-order valence-electron chi connectivity index (χ2n) is 6.23. The maximum Gasteiger partial charge on any atom is 0.323 e. The molecule has 0 spiro atoms. The third kappa shape index (κ3) is 2.39. The minimum absolute atomic E-state index is 0.387. The molecule has 0 amide bonds. The number of likely N-dealkylation sites (tertiary alicyclic amines) is 1. The SMILES string of the molecule is CCNC1(C(=O)O)CCC(N2CC3CCC(C2)O3)C1. The molecule has 5 nitrogen and oxygen atoms in total. The topological polar surface area (TPSA) is 61.8 Å². The first-order valence-corrected chi connectivity index (χ1v) is 7.51. The molecule has 1 aliphatic carbocycles. The molecule has 0 aromatic heterocycles. The molecule has 1 saturated carbocycles. The number of rotatable bonds is 4. The molecule has 5 heteroatoms. The fourth-order valence-electron chi connectivity index (χ4n) is 4.04. The highest BCUT2D eigenvalue weighted by Gasteiger charge is 2.48. The highest BCUT2D eigenvalue weighted by Crippen LogP contribution is 2.36. The number of morpholine rings is 1. The maximum absolute atomic E-state index is 11.6. The summed E-state index contributed by atoms with van der Waals surface area (Å²) in [5.74, 6) is -0.687. The lowest BCUT2D eigenvalue weighted by atomic mass is 9.97. The molecule has 3 rings (SSSR count). The lowest BCUT2D eigenvalue weighted by Gasteiger charge is -2.37. The Bertz CT molecular complexity index is 351. The van der Waals surface area contributed by atoms with Crippen molar-refractivity contribution in [2.24, 2.45) is 0 Å². The van der Waals surface area contributed by atoms with Gasteiger partial charge in [0, 0.05) is 19.1 Å². The molecule has 0 aromatic rings. The number of nitrogens with zero attached hydrogens (tertiary/aromatic N) is 1. The number of carbonyl (C=O) groups is 1. The average molecular weight is 268 g/mol. The molecule has 3 aliphatic rings. The normalized spacial score (nSPS) is 42.7. The van der Waals surface area contributed by atoms with Crippen LogP contribution in [0.25, 0.3) is 0 Å². The number of likely N-dealkylation sites (N-methyl/N-ethyl adjacent to an activating group) is 1. The van der Waals surface area contributed by atoms with Crippen molar-refractivity contribution < 1.29 is 14.6 Å². The van der Waals surface area contributed by atoms with E-state index in [2.05, 4.69) is 10.2 Å². The quantitative estimate of drug-likeness (QED) is 0.791. The van der Waals surface area contributed by atoms with Crippen LogP contribution in [0.5, 0.6) is 0 Å². The zero-order valence-electron chi connectivity index (χ0n) is 11.6. The standard InChI is InChI=1S/C14H24N2O3/c1-2-15-14(13(17)18)6-5-10(7-14)16-8-11-3-4-12(9-16)19-11/h10-12,15H,2-9H2,1H3,(H,17,18). The Morgan fingerprint density at radius 3 is 2.63 bits per heavy atom. The van der Waals surface area contributed by atoms with Gasteiger partial charge in [0.1, 0.15) is 5.54 Å². The van der Waals surface area contributed by atoms with Crippen LogP contribution in [-0.2, 0) is 9.53 Å². The Balaban J connectivity index is 1.66. The van der Waals surface area contributed by atoms with Crippen LogP contribution < -0.4 is 5.32 Å². The van der Waals surface area contributed by atoms with E-state index in [1.807, 2.05) is 6.92 Å². The van der Waals surface area contributed by atoms with Crippen molar-refractivity contribution in [2.75, 3.05) is 19.6 Å². The highest BCUT2D eigenvalue weighted by molar-refractivity contribution is 5.79. The Kier molecular flexibility index (Phi) is 3.53. The first kappa shape index (κ1) is 13.3. The largest absolute Gasteiger partial charge is 0.480 e. The number of ether oxygens (including phenoxy) is 1. The summed E-state index contributed by atoms with van der Waals surface area (Å²) in [5.41, 5.74) is -0.698. The molecule has 4 unspecified atom stereocenters. The van der Waals surface area contributed by atoms with Gasteiger partial charge in [0.15, 0.2) is 0 Å². The fraction of sp³-hybridized carbons (Fsp3) is 0.929. The molecular formula is C14H24N2O3. The van der Waals surface area contributed by atoms with Crippen molar-refractivity contribution >= 4 is 5.97 Å². The summed E-state index contributed by atoms with van der Waals surface area (Å²) < 4.78 is 5.86. The molecule has 19 heavy (non-hydrogen) atoms. The van der Waals surface area contributed by atoms with Crippen LogP contribution in [0.1, 0.15) is 39.0 Å². The molecule has 4 atom stereocenters. The molecule has 0 aromatic carbocycles. The second kappa shape index (κ2) is 5.04. The molecule has 2 saturated heterocycles. The lowest BCUT2D eigenvalue weighted by molar-refractivity contribution is -0.144. The monoisotopic (exact) mass is 268 g/mol. The van der Waals surface area contributed by atoms with Crippen molar-refractivity contribution in [1.29, 1.82) is 0 Å². The lowest BCUT2D eigenvalue weighted by Crippen LogP contribution is -2.53. The van der Waals surface area contributed by atoms with Gasteiger partial charge >= 0.3 is 5.97 Å². The van der Waals surface area contributed by atoms with E-state index in [4.69, 9.17) is 4.74 Å². The Labute approximate surface area is 114 Å². The van der Waals surface area contributed by atoms with E-state index in [0.717, 1.165) is 32.4 Å². The molecule has 2 aliphatic heterocycles. The van der Waals surface area contributed by atoms with E-state index in [0.29, 0.717) is 24.8 Å².